The van der Waals surface area contributed by atoms with Gasteiger partial charge in [-0.3, -0.25) is 4.79 Å². The fraction of sp³-hybridized carbons (Fsp3) is 0.233. The Morgan fingerprint density at radius 3 is 2.33 bits per heavy atom. The predicted molar refractivity (Wildman–Crippen MR) is 142 cm³/mol. The molecule has 3 aromatic carbocycles. The molecule has 0 amide bonds. The zero-order chi connectivity index (χ0) is 27.5. The fourth-order valence-corrected chi connectivity index (χ4v) is 4.33. The molecule has 0 saturated heterocycles. The second-order valence-electron chi connectivity index (χ2n) is 8.64. The summed E-state index contributed by atoms with van der Waals surface area (Å²) in [5.74, 6) is 0.185. The predicted octanol–water partition coefficient (Wildman–Crippen LogP) is 5.20. The Bertz CT molecular complexity index is 1620. The van der Waals surface area contributed by atoms with Gasteiger partial charge < -0.3 is 28.1 Å². The maximum Gasteiger partial charge on any atom is 0.375 e. The number of hydrogen-bond acceptors (Lipinski definition) is 9. The van der Waals surface area contributed by atoms with Crippen LogP contribution in [0.5, 0.6) is 23.0 Å². The second kappa shape index (κ2) is 10.9. The molecule has 0 fully saturated rings. The molecule has 39 heavy (non-hydrogen) atoms. The Hall–Kier alpha value is -4.79. The summed E-state index contributed by atoms with van der Waals surface area (Å²) in [7, 11) is 1.54. The van der Waals surface area contributed by atoms with Crippen LogP contribution in [0.15, 0.2) is 63.8 Å². The number of carbonyl (C=O) groups is 2. The zero-order valence-electron chi connectivity index (χ0n) is 21.7. The van der Waals surface area contributed by atoms with E-state index in [0.717, 1.165) is 0 Å². The molecule has 1 aromatic heterocycles. The van der Waals surface area contributed by atoms with Crippen LogP contribution in [-0.2, 0) is 11.2 Å². The molecule has 0 bridgehead atoms. The van der Waals surface area contributed by atoms with Crippen LogP contribution in [0, 0.1) is 0 Å². The first-order chi connectivity index (χ1) is 18.9. The molecule has 0 spiro atoms. The first-order valence-electron chi connectivity index (χ1n) is 12.5. The van der Waals surface area contributed by atoms with Gasteiger partial charge in [0, 0.05) is 6.07 Å². The summed E-state index contributed by atoms with van der Waals surface area (Å²) >= 11 is 0. The van der Waals surface area contributed by atoms with Gasteiger partial charge in [-0.15, -0.1) is 0 Å². The molecule has 0 atom stereocenters. The van der Waals surface area contributed by atoms with E-state index >= 15 is 0 Å². The van der Waals surface area contributed by atoms with Gasteiger partial charge in [0.25, 0.3) is 0 Å². The van der Waals surface area contributed by atoms with Crippen LogP contribution in [-0.4, -0.2) is 38.9 Å². The van der Waals surface area contributed by atoms with Gasteiger partial charge in [0.15, 0.2) is 11.5 Å². The molecular formula is C30H26O9. The molecule has 9 nitrogen and oxygen atoms in total. The van der Waals surface area contributed by atoms with Crippen LogP contribution in [0.2, 0.25) is 0 Å². The van der Waals surface area contributed by atoms with Crippen molar-refractivity contribution in [1.29, 1.82) is 0 Å². The Morgan fingerprint density at radius 2 is 1.64 bits per heavy atom. The molecule has 0 unspecified atom stereocenters. The maximum absolute atomic E-state index is 13.9. The van der Waals surface area contributed by atoms with Crippen molar-refractivity contribution in [2.24, 2.45) is 0 Å². The summed E-state index contributed by atoms with van der Waals surface area (Å²) in [5.41, 5.74) is 1.06. The second-order valence-corrected chi connectivity index (χ2v) is 8.64. The van der Waals surface area contributed by atoms with Gasteiger partial charge in [-0.25, -0.2) is 9.59 Å². The molecule has 4 aromatic rings. The van der Waals surface area contributed by atoms with Crippen LogP contribution in [0.3, 0.4) is 0 Å². The molecule has 9 heteroatoms. The minimum absolute atomic E-state index is 0.0444. The van der Waals surface area contributed by atoms with Crippen molar-refractivity contribution in [3.8, 4) is 34.1 Å². The van der Waals surface area contributed by atoms with E-state index in [2.05, 4.69) is 0 Å². The van der Waals surface area contributed by atoms with Crippen molar-refractivity contribution < 1.29 is 37.7 Å². The Kier molecular flexibility index (Phi) is 7.23. The van der Waals surface area contributed by atoms with Crippen LogP contribution < -0.4 is 24.4 Å². The topological polar surface area (TPSA) is 111 Å². The number of esters is 2. The molecule has 0 radical (unpaired) electrons. The van der Waals surface area contributed by atoms with Crippen molar-refractivity contribution >= 4 is 22.9 Å². The van der Waals surface area contributed by atoms with Crippen molar-refractivity contribution in [3.05, 3.63) is 81.7 Å². The maximum atomic E-state index is 13.9. The third-order valence-electron chi connectivity index (χ3n) is 6.27. The first-order valence-corrected chi connectivity index (χ1v) is 12.5. The Labute approximate surface area is 223 Å². The summed E-state index contributed by atoms with van der Waals surface area (Å²) < 4.78 is 33.3. The largest absolute Gasteiger partial charge is 0.497 e. The molecule has 2 heterocycles. The van der Waals surface area contributed by atoms with E-state index in [4.69, 9.17) is 28.1 Å². The zero-order valence-corrected chi connectivity index (χ0v) is 21.7. The highest BCUT2D eigenvalue weighted by Crippen LogP contribution is 2.36. The Morgan fingerprint density at radius 1 is 0.897 bits per heavy atom. The number of ether oxygens (including phenoxy) is 5. The minimum atomic E-state index is -0.794. The first kappa shape index (κ1) is 25.8. The van der Waals surface area contributed by atoms with Gasteiger partial charge in [-0.05, 0) is 66.9 Å². The van der Waals surface area contributed by atoms with E-state index in [0.29, 0.717) is 53.6 Å². The van der Waals surface area contributed by atoms with Crippen molar-refractivity contribution in [2.75, 3.05) is 26.9 Å². The van der Waals surface area contributed by atoms with E-state index in [-0.39, 0.29) is 34.6 Å². The van der Waals surface area contributed by atoms with E-state index in [9.17, 15) is 14.4 Å². The van der Waals surface area contributed by atoms with Gasteiger partial charge in [0.2, 0.25) is 11.2 Å². The summed E-state index contributed by atoms with van der Waals surface area (Å²) in [6.45, 7) is 4.41. The van der Waals surface area contributed by atoms with Crippen molar-refractivity contribution in [2.45, 2.75) is 20.3 Å². The normalized spacial score (nSPS) is 12.2. The number of methoxy groups -OCH3 is 1. The van der Waals surface area contributed by atoms with Crippen molar-refractivity contribution in [1.82, 2.24) is 0 Å². The number of carbonyl (C=O) groups excluding carboxylic acids is 2. The molecule has 1 aliphatic heterocycles. The standard InChI is InChI=1S/C30H26O9/c1-4-17-14-21-24(16-23(17)39-29(32)18-6-9-20(34-3)10-7-18)38-28(30(33)35-5-2)26(27(21)31)19-8-11-22-25(15-19)37-13-12-36-22/h6-11,14-16H,4-5,12-13H2,1-3H3. The van der Waals surface area contributed by atoms with Gasteiger partial charge in [0.05, 0.1) is 30.2 Å². The number of benzene rings is 3. The highest BCUT2D eigenvalue weighted by molar-refractivity contribution is 5.98. The average molecular weight is 531 g/mol. The summed E-state index contributed by atoms with van der Waals surface area (Å²) in [4.78, 5) is 39.6. The quantitative estimate of drug-likeness (QED) is 0.235. The lowest BCUT2D eigenvalue weighted by atomic mass is 9.99. The summed E-state index contributed by atoms with van der Waals surface area (Å²) in [6.07, 6.45) is 0.472. The highest BCUT2D eigenvalue weighted by Gasteiger charge is 2.26. The fourth-order valence-electron chi connectivity index (χ4n) is 4.33. The molecule has 5 rings (SSSR count). The third kappa shape index (κ3) is 5.03. The smallest absolute Gasteiger partial charge is 0.375 e. The Balaban J connectivity index is 1.63. The molecule has 0 aliphatic carbocycles. The number of aryl methyl sites for hydroxylation is 1. The van der Waals surface area contributed by atoms with Crippen LogP contribution in [0.1, 0.15) is 40.3 Å². The van der Waals surface area contributed by atoms with Gasteiger partial charge >= 0.3 is 11.9 Å². The summed E-state index contributed by atoms with van der Waals surface area (Å²) in [6, 6.07) is 14.5. The lowest BCUT2D eigenvalue weighted by molar-refractivity contribution is 0.0491. The van der Waals surface area contributed by atoms with E-state index in [1.165, 1.54) is 13.2 Å². The van der Waals surface area contributed by atoms with Gasteiger partial charge in [-0.1, -0.05) is 13.0 Å². The van der Waals surface area contributed by atoms with Gasteiger partial charge in [0.1, 0.15) is 30.3 Å². The van der Waals surface area contributed by atoms with Crippen LogP contribution >= 0.6 is 0 Å². The average Bonchev–Trinajstić information content (AvgIpc) is 2.96. The van der Waals surface area contributed by atoms with Crippen molar-refractivity contribution in [3.63, 3.8) is 0 Å². The highest BCUT2D eigenvalue weighted by atomic mass is 16.6. The summed E-state index contributed by atoms with van der Waals surface area (Å²) in [5, 5.41) is 0.231. The van der Waals surface area contributed by atoms with E-state index in [1.54, 1.807) is 55.5 Å². The molecule has 0 N–H and O–H groups in total. The van der Waals surface area contributed by atoms with Gasteiger partial charge in [-0.2, -0.15) is 0 Å². The van der Waals surface area contributed by atoms with Crippen LogP contribution in [0.25, 0.3) is 22.1 Å². The number of hydrogen-bond donors (Lipinski definition) is 0. The van der Waals surface area contributed by atoms with E-state index < -0.39 is 17.4 Å². The monoisotopic (exact) mass is 530 g/mol. The molecular weight excluding hydrogens is 504 g/mol. The molecule has 1 aliphatic rings. The lowest BCUT2D eigenvalue weighted by Crippen LogP contribution is -2.17. The van der Waals surface area contributed by atoms with E-state index in [1.807, 2.05) is 6.92 Å². The third-order valence-corrected chi connectivity index (χ3v) is 6.27. The SMILES string of the molecule is CCOC(=O)c1oc2cc(OC(=O)c3ccc(OC)cc3)c(CC)cc2c(=O)c1-c1ccc2c(c1)OCCO2. The molecule has 200 valence electrons. The number of fused-ring (bicyclic) bond motifs is 2. The van der Waals surface area contributed by atoms with Crippen LogP contribution in [0.4, 0.5) is 0 Å². The minimum Gasteiger partial charge on any atom is -0.497 e. The molecule has 0 saturated carbocycles. The lowest BCUT2D eigenvalue weighted by Gasteiger charge is -2.19. The number of rotatable bonds is 7.